The first-order valence-electron chi connectivity index (χ1n) is 9.14. The number of carbonyl (C=O) groups excluding carboxylic acids is 2. The largest absolute Gasteiger partial charge is 0.455 e. The van der Waals surface area contributed by atoms with Crippen LogP contribution in [0.25, 0.3) is 11.0 Å². The number of nitrogens with one attached hydrogen (secondary N) is 1. The van der Waals surface area contributed by atoms with Crippen LogP contribution in [0.2, 0.25) is 5.02 Å². The van der Waals surface area contributed by atoms with Gasteiger partial charge < -0.3 is 14.6 Å². The SMILES string of the molecule is O=C(COC(=O)Cc1noc2ccccc12)Nc1ccnn1Cc1ccccc1Cl. The Morgan fingerprint density at radius 3 is 2.77 bits per heavy atom. The molecule has 9 heteroatoms. The van der Waals surface area contributed by atoms with Gasteiger partial charge in [0.1, 0.15) is 11.5 Å². The molecule has 0 aliphatic carbocycles. The van der Waals surface area contributed by atoms with Gasteiger partial charge in [-0.05, 0) is 23.8 Å². The molecule has 1 N–H and O–H groups in total. The Morgan fingerprint density at radius 1 is 1.10 bits per heavy atom. The Bertz CT molecular complexity index is 1200. The van der Waals surface area contributed by atoms with Crippen LogP contribution in [0, 0.1) is 0 Å². The first-order valence-corrected chi connectivity index (χ1v) is 9.52. The molecule has 2 aromatic heterocycles. The first kappa shape index (κ1) is 19.7. The van der Waals surface area contributed by atoms with Crippen molar-refractivity contribution in [2.45, 2.75) is 13.0 Å². The van der Waals surface area contributed by atoms with Crippen LogP contribution in [-0.2, 0) is 27.3 Å². The highest BCUT2D eigenvalue weighted by molar-refractivity contribution is 6.31. The summed E-state index contributed by atoms with van der Waals surface area (Å²) in [6, 6.07) is 16.2. The smallest absolute Gasteiger partial charge is 0.312 e. The number of anilines is 1. The summed E-state index contributed by atoms with van der Waals surface area (Å²) >= 11 is 6.18. The minimum atomic E-state index is -0.575. The highest BCUT2D eigenvalue weighted by Gasteiger charge is 2.15. The number of hydrogen-bond acceptors (Lipinski definition) is 6. The van der Waals surface area contributed by atoms with Crippen LogP contribution in [0.3, 0.4) is 0 Å². The fourth-order valence-corrected chi connectivity index (χ4v) is 3.13. The molecular weight excluding hydrogens is 408 g/mol. The Kier molecular flexibility index (Phi) is 5.76. The van der Waals surface area contributed by atoms with Gasteiger partial charge >= 0.3 is 5.97 Å². The average Bonchev–Trinajstić information content (AvgIpc) is 3.35. The van der Waals surface area contributed by atoms with E-state index in [1.807, 2.05) is 30.3 Å². The number of carbonyl (C=O) groups is 2. The standard InChI is InChI=1S/C21H17ClN4O4/c22-16-7-3-1-5-14(16)12-26-19(9-10-23-26)24-20(27)13-29-21(28)11-17-15-6-2-4-8-18(15)30-25-17/h1-10H,11-13H2,(H,24,27). The van der Waals surface area contributed by atoms with E-state index in [1.165, 1.54) is 0 Å². The molecule has 2 aromatic carbocycles. The second kappa shape index (κ2) is 8.79. The fraction of sp³-hybridized carbons (Fsp3) is 0.143. The minimum Gasteiger partial charge on any atom is -0.455 e. The Balaban J connectivity index is 1.32. The number of para-hydroxylation sites is 1. The van der Waals surface area contributed by atoms with Crippen LogP contribution < -0.4 is 5.32 Å². The van der Waals surface area contributed by atoms with Crippen LogP contribution in [0.4, 0.5) is 5.82 Å². The molecule has 0 aliphatic rings. The number of benzene rings is 2. The minimum absolute atomic E-state index is 0.0886. The Hall–Kier alpha value is -3.65. The summed E-state index contributed by atoms with van der Waals surface area (Å²) in [5.74, 6) is -0.582. The number of ether oxygens (including phenoxy) is 1. The molecular formula is C21H17ClN4O4. The van der Waals surface area contributed by atoms with E-state index in [4.69, 9.17) is 20.9 Å². The van der Waals surface area contributed by atoms with Gasteiger partial charge in [-0.25, -0.2) is 4.68 Å². The van der Waals surface area contributed by atoms with Crippen molar-refractivity contribution in [1.82, 2.24) is 14.9 Å². The van der Waals surface area contributed by atoms with Crippen molar-refractivity contribution in [1.29, 1.82) is 0 Å². The molecule has 0 saturated carbocycles. The van der Waals surface area contributed by atoms with Gasteiger partial charge in [0.05, 0.1) is 19.2 Å². The van der Waals surface area contributed by atoms with Gasteiger partial charge in [-0.15, -0.1) is 0 Å². The van der Waals surface area contributed by atoms with E-state index in [9.17, 15) is 9.59 Å². The predicted octanol–water partition coefficient (Wildman–Crippen LogP) is 3.45. The Labute approximate surface area is 176 Å². The summed E-state index contributed by atoms with van der Waals surface area (Å²) in [4.78, 5) is 24.3. The zero-order chi connectivity index (χ0) is 20.9. The molecule has 4 aromatic rings. The van der Waals surface area contributed by atoms with E-state index >= 15 is 0 Å². The van der Waals surface area contributed by atoms with Crippen LogP contribution in [-0.4, -0.2) is 33.4 Å². The lowest BCUT2D eigenvalue weighted by Gasteiger charge is -2.10. The highest BCUT2D eigenvalue weighted by atomic mass is 35.5. The van der Waals surface area contributed by atoms with Crippen LogP contribution >= 0.6 is 11.6 Å². The molecule has 2 heterocycles. The van der Waals surface area contributed by atoms with Gasteiger partial charge in [-0.1, -0.05) is 47.1 Å². The molecule has 1 amide bonds. The van der Waals surface area contributed by atoms with E-state index in [-0.39, 0.29) is 6.42 Å². The second-order valence-corrected chi connectivity index (χ2v) is 6.88. The number of hydrogen-bond donors (Lipinski definition) is 1. The number of amides is 1. The number of fused-ring (bicyclic) bond motifs is 1. The number of rotatable bonds is 7. The molecule has 0 atom stereocenters. The average molecular weight is 425 g/mol. The van der Waals surface area contributed by atoms with Crippen molar-refractivity contribution >= 4 is 40.3 Å². The summed E-state index contributed by atoms with van der Waals surface area (Å²) < 4.78 is 11.8. The molecule has 0 aliphatic heterocycles. The summed E-state index contributed by atoms with van der Waals surface area (Å²) in [6.45, 7) is -0.0345. The van der Waals surface area contributed by atoms with Crippen molar-refractivity contribution < 1.29 is 18.8 Å². The lowest BCUT2D eigenvalue weighted by molar-refractivity contribution is -0.146. The first-order chi connectivity index (χ1) is 14.6. The van der Waals surface area contributed by atoms with Gasteiger partial charge in [0.2, 0.25) is 0 Å². The third kappa shape index (κ3) is 4.49. The molecule has 8 nitrogen and oxygen atoms in total. The molecule has 30 heavy (non-hydrogen) atoms. The van der Waals surface area contributed by atoms with Gasteiger partial charge in [0.25, 0.3) is 5.91 Å². The molecule has 0 bridgehead atoms. The van der Waals surface area contributed by atoms with E-state index in [1.54, 1.807) is 35.1 Å². The van der Waals surface area contributed by atoms with E-state index in [0.717, 1.165) is 10.9 Å². The van der Waals surface area contributed by atoms with Gasteiger partial charge in [0, 0.05) is 16.5 Å². The quantitative estimate of drug-likeness (QED) is 0.456. The Morgan fingerprint density at radius 2 is 1.90 bits per heavy atom. The third-order valence-corrected chi connectivity index (χ3v) is 4.76. The zero-order valence-corrected chi connectivity index (χ0v) is 16.5. The van der Waals surface area contributed by atoms with Crippen molar-refractivity contribution in [2.75, 3.05) is 11.9 Å². The third-order valence-electron chi connectivity index (χ3n) is 4.39. The number of esters is 1. The van der Waals surface area contributed by atoms with Gasteiger partial charge in [-0.3, -0.25) is 9.59 Å². The molecule has 4 rings (SSSR count). The van der Waals surface area contributed by atoms with Crippen LogP contribution in [0.5, 0.6) is 0 Å². The molecule has 0 spiro atoms. The normalized spacial score (nSPS) is 10.8. The van der Waals surface area contributed by atoms with Gasteiger partial charge in [0.15, 0.2) is 12.2 Å². The highest BCUT2D eigenvalue weighted by Crippen LogP contribution is 2.19. The molecule has 0 radical (unpaired) electrons. The lowest BCUT2D eigenvalue weighted by atomic mass is 10.2. The van der Waals surface area contributed by atoms with Crippen molar-refractivity contribution in [3.8, 4) is 0 Å². The maximum Gasteiger partial charge on any atom is 0.312 e. The van der Waals surface area contributed by atoms with E-state index in [2.05, 4.69) is 15.6 Å². The predicted molar refractivity (Wildman–Crippen MR) is 110 cm³/mol. The number of halogens is 1. The van der Waals surface area contributed by atoms with Crippen LogP contribution in [0.15, 0.2) is 65.3 Å². The summed E-state index contributed by atoms with van der Waals surface area (Å²) in [5, 5.41) is 12.1. The summed E-state index contributed by atoms with van der Waals surface area (Å²) in [6.07, 6.45) is 1.48. The molecule has 152 valence electrons. The zero-order valence-electron chi connectivity index (χ0n) is 15.7. The van der Waals surface area contributed by atoms with Gasteiger partial charge in [-0.2, -0.15) is 5.10 Å². The van der Waals surface area contributed by atoms with Crippen molar-refractivity contribution in [3.63, 3.8) is 0 Å². The number of aromatic nitrogens is 3. The van der Waals surface area contributed by atoms with Crippen LogP contribution in [0.1, 0.15) is 11.3 Å². The van der Waals surface area contributed by atoms with E-state index < -0.39 is 18.5 Å². The molecule has 0 fully saturated rings. The van der Waals surface area contributed by atoms with E-state index in [0.29, 0.717) is 28.7 Å². The number of nitrogens with zero attached hydrogens (tertiary/aromatic N) is 3. The van der Waals surface area contributed by atoms with Crippen molar-refractivity contribution in [3.05, 3.63) is 77.1 Å². The lowest BCUT2D eigenvalue weighted by Crippen LogP contribution is -2.23. The maximum atomic E-state index is 12.2. The summed E-state index contributed by atoms with van der Waals surface area (Å²) in [5.41, 5.74) is 1.92. The maximum absolute atomic E-state index is 12.2. The topological polar surface area (TPSA) is 99.2 Å². The molecule has 0 unspecified atom stereocenters. The summed E-state index contributed by atoms with van der Waals surface area (Å²) in [7, 11) is 0. The van der Waals surface area contributed by atoms with Crippen molar-refractivity contribution in [2.24, 2.45) is 0 Å². The monoisotopic (exact) mass is 424 g/mol. The fourth-order valence-electron chi connectivity index (χ4n) is 2.93. The second-order valence-electron chi connectivity index (χ2n) is 6.48. The molecule has 0 saturated heterocycles.